The molecule has 0 saturated heterocycles. The predicted molar refractivity (Wildman–Crippen MR) is 98.3 cm³/mol. The van der Waals surface area contributed by atoms with Gasteiger partial charge in [-0.25, -0.2) is 4.39 Å². The zero-order valence-corrected chi connectivity index (χ0v) is 15.3. The summed E-state index contributed by atoms with van der Waals surface area (Å²) in [5, 5.41) is 6.09. The summed E-state index contributed by atoms with van der Waals surface area (Å²) in [5.74, 6) is -0.312. The molecular weight excluding hydrogens is 371 g/mol. The van der Waals surface area contributed by atoms with Crippen LogP contribution in [0.5, 0.6) is 0 Å². The van der Waals surface area contributed by atoms with Crippen LogP contribution in [0.2, 0.25) is 0 Å². The van der Waals surface area contributed by atoms with E-state index in [0.717, 1.165) is 16.5 Å². The summed E-state index contributed by atoms with van der Waals surface area (Å²) in [6, 6.07) is 14.8. The molecule has 0 radical (unpaired) electrons. The van der Waals surface area contributed by atoms with Gasteiger partial charge in [0.2, 0.25) is 5.91 Å². The molecule has 128 valence electrons. The summed E-state index contributed by atoms with van der Waals surface area (Å²) in [7, 11) is 0. The largest absolute Gasteiger partial charge is 0.355 e. The quantitative estimate of drug-likeness (QED) is 0.712. The molecular formula is C19H22BrFN2O. The molecule has 1 amide bonds. The van der Waals surface area contributed by atoms with E-state index in [9.17, 15) is 9.18 Å². The molecule has 0 bridgehead atoms. The highest BCUT2D eigenvalue weighted by molar-refractivity contribution is 9.10. The first-order valence-corrected chi connectivity index (χ1v) is 8.88. The molecule has 24 heavy (non-hydrogen) atoms. The second-order valence-corrected chi connectivity index (χ2v) is 6.50. The van der Waals surface area contributed by atoms with Crippen molar-refractivity contribution in [1.29, 1.82) is 0 Å². The highest BCUT2D eigenvalue weighted by Gasteiger charge is 2.10. The molecule has 2 rings (SSSR count). The van der Waals surface area contributed by atoms with Gasteiger partial charge in [-0.2, -0.15) is 0 Å². The van der Waals surface area contributed by atoms with Crippen LogP contribution in [-0.4, -0.2) is 19.0 Å². The lowest BCUT2D eigenvalue weighted by molar-refractivity contribution is -0.120. The molecule has 0 saturated carbocycles. The van der Waals surface area contributed by atoms with Crippen LogP contribution in [0, 0.1) is 5.82 Å². The van der Waals surface area contributed by atoms with Gasteiger partial charge in [0.15, 0.2) is 0 Å². The summed E-state index contributed by atoms with van der Waals surface area (Å²) in [6.45, 7) is 2.75. The average Bonchev–Trinajstić information content (AvgIpc) is 2.58. The van der Waals surface area contributed by atoms with Gasteiger partial charge in [-0.1, -0.05) is 53.2 Å². The van der Waals surface area contributed by atoms with E-state index in [2.05, 4.69) is 33.5 Å². The van der Waals surface area contributed by atoms with Crippen LogP contribution in [0.15, 0.2) is 53.0 Å². The second kappa shape index (κ2) is 9.55. The predicted octanol–water partition coefficient (Wildman–Crippen LogP) is 3.99. The highest BCUT2D eigenvalue weighted by Crippen LogP contribution is 2.19. The molecule has 3 nitrogen and oxygen atoms in total. The molecule has 2 aromatic carbocycles. The first-order chi connectivity index (χ1) is 11.6. The minimum Gasteiger partial charge on any atom is -0.355 e. The minimum absolute atomic E-state index is 0.0816. The molecule has 1 atom stereocenters. The number of rotatable bonds is 8. The number of benzene rings is 2. The number of hydrogen-bond donors (Lipinski definition) is 2. The monoisotopic (exact) mass is 392 g/mol. The number of amides is 1. The lowest BCUT2D eigenvalue weighted by Crippen LogP contribution is -2.36. The Morgan fingerprint density at radius 2 is 1.88 bits per heavy atom. The zero-order valence-electron chi connectivity index (χ0n) is 13.7. The van der Waals surface area contributed by atoms with Gasteiger partial charge in [0, 0.05) is 17.1 Å². The van der Waals surface area contributed by atoms with Crippen LogP contribution in [0.25, 0.3) is 0 Å². The fourth-order valence-corrected chi connectivity index (χ4v) is 2.77. The molecule has 2 aromatic rings. The van der Waals surface area contributed by atoms with Gasteiger partial charge in [0.25, 0.3) is 0 Å². The third-order valence-electron chi connectivity index (χ3n) is 3.86. The van der Waals surface area contributed by atoms with Gasteiger partial charge in [-0.05, 0) is 42.2 Å². The van der Waals surface area contributed by atoms with Crippen molar-refractivity contribution in [2.75, 3.05) is 13.1 Å². The first-order valence-electron chi connectivity index (χ1n) is 8.09. The molecule has 0 spiro atoms. The van der Waals surface area contributed by atoms with Crippen molar-refractivity contribution in [2.24, 2.45) is 0 Å². The van der Waals surface area contributed by atoms with E-state index in [1.165, 1.54) is 6.07 Å². The van der Waals surface area contributed by atoms with E-state index >= 15 is 0 Å². The molecule has 2 N–H and O–H groups in total. The Bertz CT molecular complexity index is 661. The van der Waals surface area contributed by atoms with Gasteiger partial charge in [-0.3, -0.25) is 4.79 Å². The fraction of sp³-hybridized carbons (Fsp3) is 0.316. The van der Waals surface area contributed by atoms with E-state index in [1.807, 2.05) is 24.3 Å². The molecule has 0 aliphatic rings. The fourth-order valence-electron chi connectivity index (χ4n) is 2.51. The standard InChI is InChI=1S/C19H22BrFN2O/c1-2-18(15-7-9-16(20)10-8-15)23-13-19(24)22-12-11-14-5-3-4-6-17(14)21/h3-10,18,23H,2,11-13H2,1H3,(H,22,24)/t18-/m1/s1. The van der Waals surface area contributed by atoms with E-state index in [-0.39, 0.29) is 24.3 Å². The summed E-state index contributed by atoms with van der Waals surface area (Å²) < 4.78 is 14.5. The third kappa shape index (κ3) is 5.73. The second-order valence-electron chi connectivity index (χ2n) is 5.58. The molecule has 0 unspecified atom stereocenters. The van der Waals surface area contributed by atoms with Gasteiger partial charge in [-0.15, -0.1) is 0 Å². The number of nitrogens with one attached hydrogen (secondary N) is 2. The third-order valence-corrected chi connectivity index (χ3v) is 4.39. The number of carbonyl (C=O) groups is 1. The minimum atomic E-state index is -0.230. The van der Waals surface area contributed by atoms with E-state index in [4.69, 9.17) is 0 Å². The van der Waals surface area contributed by atoms with Crippen LogP contribution in [0.4, 0.5) is 4.39 Å². The summed E-state index contributed by atoms with van der Waals surface area (Å²) in [4.78, 5) is 11.9. The van der Waals surface area contributed by atoms with Crippen LogP contribution < -0.4 is 10.6 Å². The molecule has 5 heteroatoms. The Morgan fingerprint density at radius 1 is 1.17 bits per heavy atom. The molecule has 0 aliphatic carbocycles. The topological polar surface area (TPSA) is 41.1 Å². The molecule has 0 aliphatic heterocycles. The van der Waals surface area contributed by atoms with Gasteiger partial charge in [0.1, 0.15) is 5.82 Å². The normalized spacial score (nSPS) is 12.0. The van der Waals surface area contributed by atoms with Crippen LogP contribution >= 0.6 is 15.9 Å². The highest BCUT2D eigenvalue weighted by atomic mass is 79.9. The Morgan fingerprint density at radius 3 is 2.54 bits per heavy atom. The molecule has 0 aromatic heterocycles. The van der Waals surface area contributed by atoms with E-state index in [0.29, 0.717) is 18.5 Å². The Labute approximate surface area is 150 Å². The lowest BCUT2D eigenvalue weighted by atomic mass is 10.0. The van der Waals surface area contributed by atoms with Crippen molar-refractivity contribution in [3.05, 3.63) is 69.9 Å². The maximum Gasteiger partial charge on any atom is 0.233 e. The van der Waals surface area contributed by atoms with Crippen molar-refractivity contribution < 1.29 is 9.18 Å². The lowest BCUT2D eigenvalue weighted by Gasteiger charge is -2.17. The SMILES string of the molecule is CC[C@@H](NCC(=O)NCCc1ccccc1F)c1ccc(Br)cc1. The number of halogens is 2. The van der Waals surface area contributed by atoms with Gasteiger partial charge >= 0.3 is 0 Å². The molecule has 0 fully saturated rings. The maximum absolute atomic E-state index is 13.5. The van der Waals surface area contributed by atoms with Gasteiger partial charge < -0.3 is 10.6 Å². The van der Waals surface area contributed by atoms with E-state index < -0.39 is 0 Å². The summed E-state index contributed by atoms with van der Waals surface area (Å²) in [5.41, 5.74) is 1.77. The van der Waals surface area contributed by atoms with Crippen molar-refractivity contribution in [1.82, 2.24) is 10.6 Å². The van der Waals surface area contributed by atoms with Crippen molar-refractivity contribution in [3.8, 4) is 0 Å². The summed E-state index contributed by atoms with van der Waals surface area (Å²) in [6.07, 6.45) is 1.38. The Balaban J connectivity index is 1.75. The van der Waals surface area contributed by atoms with Crippen molar-refractivity contribution in [3.63, 3.8) is 0 Å². The Kier molecular flexibility index (Phi) is 7.40. The summed E-state index contributed by atoms with van der Waals surface area (Å²) >= 11 is 3.42. The van der Waals surface area contributed by atoms with Crippen LogP contribution in [0.3, 0.4) is 0 Å². The smallest absolute Gasteiger partial charge is 0.233 e. The maximum atomic E-state index is 13.5. The zero-order chi connectivity index (χ0) is 17.4. The van der Waals surface area contributed by atoms with Crippen LogP contribution in [0.1, 0.15) is 30.5 Å². The average molecular weight is 393 g/mol. The van der Waals surface area contributed by atoms with Crippen molar-refractivity contribution in [2.45, 2.75) is 25.8 Å². The first kappa shape index (κ1) is 18.6. The van der Waals surface area contributed by atoms with Crippen LogP contribution in [-0.2, 0) is 11.2 Å². The van der Waals surface area contributed by atoms with Gasteiger partial charge in [0.05, 0.1) is 6.54 Å². The molecule has 0 heterocycles. The number of hydrogen-bond acceptors (Lipinski definition) is 2. The number of carbonyl (C=O) groups excluding carboxylic acids is 1. The van der Waals surface area contributed by atoms with Crippen molar-refractivity contribution >= 4 is 21.8 Å². The Hall–Kier alpha value is -1.72. The van der Waals surface area contributed by atoms with E-state index in [1.54, 1.807) is 18.2 Å².